The van der Waals surface area contributed by atoms with Gasteiger partial charge in [-0.1, -0.05) is 13.0 Å². The van der Waals surface area contributed by atoms with Crippen LogP contribution in [0.25, 0.3) is 0 Å². The minimum absolute atomic E-state index is 0.0648. The Morgan fingerprint density at radius 1 is 1.45 bits per heavy atom. The molecule has 0 saturated heterocycles. The standard InChI is InChI=1S/C8H17NO2/c1-5-7(9-6-2)8(10-3)11-4/h5,7-9H,1,6H2,2-4H3. The van der Waals surface area contributed by atoms with Gasteiger partial charge in [0.2, 0.25) is 0 Å². The summed E-state index contributed by atoms with van der Waals surface area (Å²) >= 11 is 0. The molecule has 0 bridgehead atoms. The zero-order valence-corrected chi connectivity index (χ0v) is 7.46. The van der Waals surface area contributed by atoms with Crippen LogP contribution in [0.1, 0.15) is 6.92 Å². The molecule has 0 aromatic heterocycles. The molecule has 1 unspecified atom stereocenters. The summed E-state index contributed by atoms with van der Waals surface area (Å²) in [5, 5.41) is 3.17. The van der Waals surface area contributed by atoms with Crippen molar-refractivity contribution in [3.63, 3.8) is 0 Å². The lowest BCUT2D eigenvalue weighted by Crippen LogP contribution is -2.40. The highest BCUT2D eigenvalue weighted by molar-refractivity contribution is 4.87. The highest BCUT2D eigenvalue weighted by Crippen LogP contribution is 1.99. The van der Waals surface area contributed by atoms with Crippen LogP contribution in [-0.2, 0) is 9.47 Å². The molecule has 0 aromatic carbocycles. The van der Waals surface area contributed by atoms with E-state index in [1.807, 2.05) is 6.92 Å². The van der Waals surface area contributed by atoms with Crippen molar-refractivity contribution in [1.29, 1.82) is 0 Å². The molecule has 66 valence electrons. The average Bonchev–Trinajstić information content (AvgIpc) is 2.05. The second kappa shape index (κ2) is 6.34. The largest absolute Gasteiger partial charge is 0.354 e. The summed E-state index contributed by atoms with van der Waals surface area (Å²) in [5.74, 6) is 0. The van der Waals surface area contributed by atoms with E-state index < -0.39 is 0 Å². The number of hydrogen-bond acceptors (Lipinski definition) is 3. The molecule has 0 aliphatic rings. The van der Waals surface area contributed by atoms with E-state index in [9.17, 15) is 0 Å². The molecule has 0 aromatic rings. The maximum Gasteiger partial charge on any atom is 0.175 e. The highest BCUT2D eigenvalue weighted by Gasteiger charge is 2.15. The smallest absolute Gasteiger partial charge is 0.175 e. The lowest BCUT2D eigenvalue weighted by atomic mass is 10.3. The number of nitrogens with one attached hydrogen (secondary N) is 1. The van der Waals surface area contributed by atoms with E-state index in [-0.39, 0.29) is 12.3 Å². The van der Waals surface area contributed by atoms with Crippen molar-refractivity contribution < 1.29 is 9.47 Å². The maximum absolute atomic E-state index is 5.05. The van der Waals surface area contributed by atoms with Crippen LogP contribution in [0.3, 0.4) is 0 Å². The summed E-state index contributed by atoms with van der Waals surface area (Å²) in [6.45, 7) is 6.58. The first-order chi connectivity index (χ1) is 5.29. The van der Waals surface area contributed by atoms with E-state index in [2.05, 4.69) is 11.9 Å². The van der Waals surface area contributed by atoms with E-state index >= 15 is 0 Å². The predicted molar refractivity (Wildman–Crippen MR) is 45.5 cm³/mol. The summed E-state index contributed by atoms with van der Waals surface area (Å²) in [7, 11) is 3.23. The Labute approximate surface area is 68.4 Å². The van der Waals surface area contributed by atoms with Crippen LogP contribution < -0.4 is 5.32 Å². The van der Waals surface area contributed by atoms with Gasteiger partial charge in [-0.2, -0.15) is 0 Å². The molecule has 1 N–H and O–H groups in total. The van der Waals surface area contributed by atoms with E-state index in [1.165, 1.54) is 0 Å². The molecule has 11 heavy (non-hydrogen) atoms. The molecule has 0 saturated carbocycles. The first-order valence-electron chi connectivity index (χ1n) is 3.71. The van der Waals surface area contributed by atoms with E-state index in [0.29, 0.717) is 0 Å². The van der Waals surface area contributed by atoms with Gasteiger partial charge >= 0.3 is 0 Å². The fourth-order valence-electron chi connectivity index (χ4n) is 0.916. The van der Waals surface area contributed by atoms with Crippen LogP contribution in [0.15, 0.2) is 12.7 Å². The van der Waals surface area contributed by atoms with Gasteiger partial charge < -0.3 is 14.8 Å². The molecule has 3 heteroatoms. The van der Waals surface area contributed by atoms with Gasteiger partial charge in [0, 0.05) is 14.2 Å². The molecular weight excluding hydrogens is 142 g/mol. The Hall–Kier alpha value is -0.380. The Morgan fingerprint density at radius 2 is 2.00 bits per heavy atom. The summed E-state index contributed by atoms with van der Waals surface area (Å²) < 4.78 is 10.1. The zero-order chi connectivity index (χ0) is 8.69. The lowest BCUT2D eigenvalue weighted by Gasteiger charge is -2.21. The van der Waals surface area contributed by atoms with Crippen LogP contribution >= 0.6 is 0 Å². The minimum atomic E-state index is -0.243. The van der Waals surface area contributed by atoms with Crippen molar-refractivity contribution in [2.75, 3.05) is 20.8 Å². The van der Waals surface area contributed by atoms with Gasteiger partial charge in [-0.15, -0.1) is 6.58 Å². The SMILES string of the molecule is C=CC(NCC)C(OC)OC. The molecule has 0 heterocycles. The number of hydrogen-bond donors (Lipinski definition) is 1. The van der Waals surface area contributed by atoms with Crippen LogP contribution in [-0.4, -0.2) is 33.1 Å². The molecule has 0 aliphatic heterocycles. The van der Waals surface area contributed by atoms with Gasteiger partial charge in [0.1, 0.15) is 0 Å². The molecule has 0 aliphatic carbocycles. The minimum Gasteiger partial charge on any atom is -0.354 e. The summed E-state index contributed by atoms with van der Waals surface area (Å²) in [5.41, 5.74) is 0. The number of ether oxygens (including phenoxy) is 2. The van der Waals surface area contributed by atoms with Gasteiger partial charge in [-0.25, -0.2) is 0 Å². The van der Waals surface area contributed by atoms with E-state index in [0.717, 1.165) is 6.54 Å². The van der Waals surface area contributed by atoms with Crippen LogP contribution in [0, 0.1) is 0 Å². The van der Waals surface area contributed by atoms with Gasteiger partial charge in [0.05, 0.1) is 6.04 Å². The van der Waals surface area contributed by atoms with Crippen molar-refractivity contribution in [1.82, 2.24) is 5.32 Å². The molecule has 3 nitrogen and oxygen atoms in total. The second-order valence-corrected chi connectivity index (χ2v) is 2.16. The van der Waals surface area contributed by atoms with Gasteiger partial charge in [-0.3, -0.25) is 0 Å². The van der Waals surface area contributed by atoms with Crippen molar-refractivity contribution >= 4 is 0 Å². The second-order valence-electron chi connectivity index (χ2n) is 2.16. The number of likely N-dealkylation sites (N-methyl/N-ethyl adjacent to an activating group) is 1. The average molecular weight is 159 g/mol. The monoisotopic (exact) mass is 159 g/mol. The van der Waals surface area contributed by atoms with Crippen LogP contribution in [0.4, 0.5) is 0 Å². The maximum atomic E-state index is 5.05. The predicted octanol–water partition coefficient (Wildman–Crippen LogP) is 0.769. The molecule has 0 fully saturated rings. The lowest BCUT2D eigenvalue weighted by molar-refractivity contribution is -0.113. The first-order valence-corrected chi connectivity index (χ1v) is 3.71. The van der Waals surface area contributed by atoms with E-state index in [1.54, 1.807) is 20.3 Å². The Bertz CT molecular complexity index is 102. The third-order valence-electron chi connectivity index (χ3n) is 1.45. The van der Waals surface area contributed by atoms with E-state index in [4.69, 9.17) is 9.47 Å². The fraction of sp³-hybridized carbons (Fsp3) is 0.750. The summed E-state index contributed by atoms with van der Waals surface area (Å²) in [6, 6.07) is 0.0648. The third-order valence-corrected chi connectivity index (χ3v) is 1.45. The number of rotatable bonds is 6. The highest BCUT2D eigenvalue weighted by atomic mass is 16.7. The zero-order valence-electron chi connectivity index (χ0n) is 7.46. The summed E-state index contributed by atoms with van der Waals surface area (Å²) in [4.78, 5) is 0. The third kappa shape index (κ3) is 3.51. The molecular formula is C8H17NO2. The van der Waals surface area contributed by atoms with Crippen molar-refractivity contribution in [2.24, 2.45) is 0 Å². The Morgan fingerprint density at radius 3 is 2.27 bits per heavy atom. The summed E-state index contributed by atoms with van der Waals surface area (Å²) in [6.07, 6.45) is 1.54. The fourth-order valence-corrected chi connectivity index (χ4v) is 0.916. The number of methoxy groups -OCH3 is 2. The van der Waals surface area contributed by atoms with Crippen LogP contribution in [0.2, 0.25) is 0 Å². The van der Waals surface area contributed by atoms with Gasteiger partial charge in [0.15, 0.2) is 6.29 Å². The van der Waals surface area contributed by atoms with Crippen LogP contribution in [0.5, 0.6) is 0 Å². The molecule has 0 radical (unpaired) electrons. The van der Waals surface area contributed by atoms with Crippen molar-refractivity contribution in [3.05, 3.63) is 12.7 Å². The normalized spacial score (nSPS) is 13.5. The van der Waals surface area contributed by atoms with Gasteiger partial charge in [-0.05, 0) is 6.54 Å². The van der Waals surface area contributed by atoms with Crippen molar-refractivity contribution in [2.45, 2.75) is 19.3 Å². The van der Waals surface area contributed by atoms with Crippen molar-refractivity contribution in [3.8, 4) is 0 Å². The van der Waals surface area contributed by atoms with Gasteiger partial charge in [0.25, 0.3) is 0 Å². The Balaban J connectivity index is 3.86. The quantitative estimate of drug-likeness (QED) is 0.458. The topological polar surface area (TPSA) is 30.5 Å². The Kier molecular flexibility index (Phi) is 6.12. The molecule has 0 spiro atoms. The molecule has 1 atom stereocenters. The molecule has 0 rings (SSSR count). The first kappa shape index (κ1) is 10.6. The molecule has 0 amide bonds.